The van der Waals surface area contributed by atoms with Crippen LogP contribution in [0.15, 0.2) is 30.3 Å². The Kier molecular flexibility index (Phi) is 2.82. The van der Waals surface area contributed by atoms with Crippen molar-refractivity contribution in [2.45, 2.75) is 61.8 Å². The number of aryl methyl sites for hydroxylation is 2. The average Bonchev–Trinajstić information content (AvgIpc) is 3.27. The topological polar surface area (TPSA) is 57.9 Å². The van der Waals surface area contributed by atoms with Crippen LogP contribution in [0.3, 0.4) is 0 Å². The maximum Gasteiger partial charge on any atom is 0.166 e. The first-order valence-corrected chi connectivity index (χ1v) is 11.6. The maximum atomic E-state index is 12.6. The van der Waals surface area contributed by atoms with E-state index < -0.39 is 11.0 Å². The number of hydrogen-bond donors (Lipinski definition) is 2. The molecular weight excluding hydrogens is 388 g/mol. The summed E-state index contributed by atoms with van der Waals surface area (Å²) in [5, 5.41) is 24.7. The molecule has 2 bridgehead atoms. The van der Waals surface area contributed by atoms with Gasteiger partial charge in [-0.3, -0.25) is 0 Å². The Morgan fingerprint density at radius 3 is 2.94 bits per heavy atom. The normalized spacial score (nSPS) is 34.4. The van der Waals surface area contributed by atoms with E-state index in [0.29, 0.717) is 12.2 Å². The van der Waals surface area contributed by atoms with E-state index in [0.717, 1.165) is 44.3 Å². The third-order valence-electron chi connectivity index (χ3n) is 9.32. The molecule has 0 saturated carbocycles. The number of likely N-dealkylation sites (tertiary alicyclic amines) is 1. The molecule has 5 heteroatoms. The Labute approximate surface area is 180 Å². The van der Waals surface area contributed by atoms with Gasteiger partial charge in [-0.1, -0.05) is 24.3 Å². The zero-order valence-electron chi connectivity index (χ0n) is 17.7. The number of piperidine rings is 1. The summed E-state index contributed by atoms with van der Waals surface area (Å²) in [4.78, 5) is 2.35. The summed E-state index contributed by atoms with van der Waals surface area (Å²) in [6.45, 7) is 1.93. The number of ether oxygens (including phenoxy) is 1. The summed E-state index contributed by atoms with van der Waals surface area (Å²) in [7, 11) is 2.15. The first kappa shape index (κ1) is 17.1. The first-order valence-electron chi connectivity index (χ1n) is 11.6. The Morgan fingerprint density at radius 2 is 2.03 bits per heavy atom. The predicted octanol–water partition coefficient (Wildman–Crippen LogP) is 3.21. The van der Waals surface area contributed by atoms with Crippen LogP contribution < -0.4 is 4.74 Å². The van der Waals surface area contributed by atoms with Gasteiger partial charge in [0.15, 0.2) is 17.6 Å². The largest absolute Gasteiger partial charge is 0.504 e. The van der Waals surface area contributed by atoms with Gasteiger partial charge in [0.25, 0.3) is 0 Å². The van der Waals surface area contributed by atoms with E-state index in [1.807, 2.05) is 0 Å². The molecule has 5 nitrogen and oxygen atoms in total. The number of hydrogen-bond acceptors (Lipinski definition) is 4. The molecule has 4 atom stereocenters. The number of benzene rings is 2. The average molecular weight is 415 g/mol. The number of phenolic OH excluding ortho intramolecular Hbond substituents is 1. The summed E-state index contributed by atoms with van der Waals surface area (Å²) < 4.78 is 9.22. The Morgan fingerprint density at radius 1 is 1.13 bits per heavy atom. The van der Waals surface area contributed by atoms with E-state index in [1.165, 1.54) is 33.3 Å². The third kappa shape index (κ3) is 1.64. The highest BCUT2D eigenvalue weighted by atomic mass is 16.5. The summed E-state index contributed by atoms with van der Waals surface area (Å²) in [5.74, 6) is 0.824. The van der Waals surface area contributed by atoms with Gasteiger partial charge in [0.1, 0.15) is 0 Å². The first-order chi connectivity index (χ1) is 15.0. The number of aliphatic hydroxyl groups is 1. The van der Waals surface area contributed by atoms with Gasteiger partial charge >= 0.3 is 0 Å². The molecule has 0 amide bonds. The van der Waals surface area contributed by atoms with E-state index in [2.05, 4.69) is 40.8 Å². The number of rotatable bonds is 0. The molecule has 1 saturated heterocycles. The number of nitrogens with zero attached hydrogens (tertiary/aromatic N) is 2. The number of aromatic hydroxyl groups is 1. The summed E-state index contributed by atoms with van der Waals surface area (Å²) in [6.07, 6.45) is 4.28. The molecular formula is C26H26N2O3. The fourth-order valence-corrected chi connectivity index (χ4v) is 8.12. The fourth-order valence-electron chi connectivity index (χ4n) is 8.12. The number of aromatic nitrogens is 1. The molecule has 5 aliphatic rings. The minimum atomic E-state index is -0.910. The lowest BCUT2D eigenvalue weighted by Gasteiger charge is -2.62. The van der Waals surface area contributed by atoms with Crippen molar-refractivity contribution < 1.29 is 14.9 Å². The molecule has 3 aliphatic heterocycles. The molecule has 0 radical (unpaired) electrons. The van der Waals surface area contributed by atoms with Crippen LogP contribution in [0.2, 0.25) is 0 Å². The highest BCUT2D eigenvalue weighted by molar-refractivity contribution is 5.90. The number of para-hydroxylation sites is 1. The van der Waals surface area contributed by atoms with Crippen LogP contribution in [0.4, 0.5) is 0 Å². The monoisotopic (exact) mass is 414 g/mol. The van der Waals surface area contributed by atoms with E-state index in [9.17, 15) is 10.2 Å². The zero-order chi connectivity index (χ0) is 20.7. The van der Waals surface area contributed by atoms with Crippen LogP contribution in [0, 0.1) is 0 Å². The summed E-state index contributed by atoms with van der Waals surface area (Å²) >= 11 is 0. The second-order valence-corrected chi connectivity index (χ2v) is 10.4. The van der Waals surface area contributed by atoms with Crippen molar-refractivity contribution in [3.8, 4) is 11.5 Å². The predicted molar refractivity (Wildman–Crippen MR) is 117 cm³/mol. The number of fused-ring (bicyclic) bond motifs is 4. The highest BCUT2D eigenvalue weighted by Crippen LogP contribution is 2.69. The standard InChI is InChI=1S/C26H26N2O3/c1-27-11-9-25-20-15-7-8-18(29)23(20)31-24(25)22-17(13-26(25,30)19(27)12-15)16-6-2-4-14-5-3-10-28(22)21(14)16/h2,4,6-8,19,24,29-30H,3,5,9-13H2,1H3/t19-,24+,25+,26-/m1/s1. The molecule has 1 fully saturated rings. The number of phenols is 1. The molecule has 8 rings (SSSR count). The van der Waals surface area contributed by atoms with Gasteiger partial charge in [0.05, 0.1) is 22.2 Å². The molecule has 1 aromatic heterocycles. The van der Waals surface area contributed by atoms with Gasteiger partial charge in [-0.25, -0.2) is 0 Å². The fraction of sp³-hybridized carbons (Fsp3) is 0.462. The van der Waals surface area contributed by atoms with Gasteiger partial charge in [-0.05, 0) is 62.0 Å². The van der Waals surface area contributed by atoms with E-state index in [-0.39, 0.29) is 17.9 Å². The van der Waals surface area contributed by atoms with E-state index >= 15 is 0 Å². The van der Waals surface area contributed by atoms with E-state index in [4.69, 9.17) is 4.74 Å². The van der Waals surface area contributed by atoms with Crippen molar-refractivity contribution in [2.75, 3.05) is 13.6 Å². The second-order valence-electron chi connectivity index (χ2n) is 10.4. The van der Waals surface area contributed by atoms with Gasteiger partial charge in [0, 0.05) is 30.0 Å². The summed E-state index contributed by atoms with van der Waals surface area (Å²) in [6, 6.07) is 10.5. The van der Waals surface area contributed by atoms with Crippen molar-refractivity contribution in [3.05, 3.63) is 58.3 Å². The molecule has 2 N–H and O–H groups in total. The van der Waals surface area contributed by atoms with Crippen molar-refractivity contribution in [3.63, 3.8) is 0 Å². The SMILES string of the molecule is CN1CC[C@]23c4c5ccc(O)c4O[C@H]2c2c(c4cccc6c4n2CCC6)C[C@@]3(O)[C@H]1C5. The number of likely N-dealkylation sites (N-methyl/N-ethyl adjacent to an activating group) is 1. The zero-order valence-corrected chi connectivity index (χ0v) is 17.7. The van der Waals surface area contributed by atoms with Gasteiger partial charge in [0.2, 0.25) is 0 Å². The molecule has 3 aromatic rings. The van der Waals surface area contributed by atoms with Crippen LogP contribution in [0.1, 0.15) is 46.9 Å². The lowest BCUT2D eigenvalue weighted by molar-refractivity contribution is -0.168. The second kappa shape index (κ2) is 5.11. The van der Waals surface area contributed by atoms with E-state index in [1.54, 1.807) is 6.07 Å². The molecule has 2 aromatic carbocycles. The minimum absolute atomic E-state index is 0.0511. The molecule has 158 valence electrons. The highest BCUT2D eigenvalue weighted by Gasteiger charge is 2.72. The molecule has 31 heavy (non-hydrogen) atoms. The maximum absolute atomic E-state index is 12.6. The van der Waals surface area contributed by atoms with Crippen molar-refractivity contribution >= 4 is 10.9 Å². The Balaban J connectivity index is 1.53. The van der Waals surface area contributed by atoms with Crippen molar-refractivity contribution in [2.24, 2.45) is 0 Å². The Bertz CT molecular complexity index is 1330. The minimum Gasteiger partial charge on any atom is -0.504 e. The molecule has 0 unspecified atom stereocenters. The van der Waals surface area contributed by atoms with Gasteiger partial charge < -0.3 is 24.4 Å². The van der Waals surface area contributed by atoms with Crippen LogP contribution >= 0.6 is 0 Å². The Hall–Kier alpha value is -2.50. The smallest absolute Gasteiger partial charge is 0.166 e. The lowest BCUT2D eigenvalue weighted by Crippen LogP contribution is -2.74. The van der Waals surface area contributed by atoms with Crippen LogP contribution in [0.5, 0.6) is 11.5 Å². The molecule has 1 spiro atoms. The van der Waals surface area contributed by atoms with Gasteiger partial charge in [-0.2, -0.15) is 0 Å². The molecule has 2 aliphatic carbocycles. The van der Waals surface area contributed by atoms with Crippen molar-refractivity contribution in [1.82, 2.24) is 9.47 Å². The van der Waals surface area contributed by atoms with Crippen LogP contribution in [0.25, 0.3) is 10.9 Å². The summed E-state index contributed by atoms with van der Waals surface area (Å²) in [5.41, 5.74) is 6.17. The molecule has 4 heterocycles. The van der Waals surface area contributed by atoms with Crippen LogP contribution in [-0.2, 0) is 31.2 Å². The van der Waals surface area contributed by atoms with Crippen molar-refractivity contribution in [1.29, 1.82) is 0 Å². The lowest BCUT2D eigenvalue weighted by atomic mass is 9.49. The third-order valence-corrected chi connectivity index (χ3v) is 9.32. The quantitative estimate of drug-likeness (QED) is 0.593. The van der Waals surface area contributed by atoms with Crippen LogP contribution in [-0.4, -0.2) is 44.9 Å². The van der Waals surface area contributed by atoms with Gasteiger partial charge in [-0.15, -0.1) is 0 Å².